The average Bonchev–Trinajstić information content (AvgIpc) is 2.65. The second-order valence-corrected chi connectivity index (χ2v) is 5.72. The lowest BCUT2D eigenvalue weighted by atomic mass is 9.94. The molecular formula is C20H16O6. The van der Waals surface area contributed by atoms with Crippen LogP contribution < -0.4 is 9.47 Å². The van der Waals surface area contributed by atoms with Gasteiger partial charge >= 0.3 is 11.9 Å². The maximum Gasteiger partial charge on any atom is 0.374 e. The molecule has 6 nitrogen and oxygen atoms in total. The third-order valence-electron chi connectivity index (χ3n) is 4.11. The van der Waals surface area contributed by atoms with Crippen LogP contribution in [0.15, 0.2) is 35.8 Å². The zero-order chi connectivity index (χ0) is 18.3. The molecule has 0 N–H and O–H groups in total. The van der Waals surface area contributed by atoms with Gasteiger partial charge in [-0.3, -0.25) is 0 Å². The van der Waals surface area contributed by atoms with E-state index in [1.54, 1.807) is 38.1 Å². The summed E-state index contributed by atoms with van der Waals surface area (Å²) < 4.78 is 21.5. The Kier molecular flexibility index (Phi) is 3.88. The van der Waals surface area contributed by atoms with Crippen LogP contribution in [0.25, 0.3) is 22.9 Å². The van der Waals surface area contributed by atoms with Crippen LogP contribution in [0.1, 0.15) is 25.0 Å². The number of esters is 2. The van der Waals surface area contributed by atoms with E-state index in [1.165, 1.54) is 0 Å². The van der Waals surface area contributed by atoms with Crippen molar-refractivity contribution in [2.24, 2.45) is 0 Å². The van der Waals surface area contributed by atoms with Gasteiger partial charge in [0.05, 0.1) is 13.2 Å². The van der Waals surface area contributed by atoms with Crippen LogP contribution in [-0.4, -0.2) is 25.2 Å². The lowest BCUT2D eigenvalue weighted by Crippen LogP contribution is -2.17. The number of carbonyl (C=O) groups is 2. The van der Waals surface area contributed by atoms with Crippen LogP contribution >= 0.6 is 0 Å². The third kappa shape index (κ3) is 2.50. The van der Waals surface area contributed by atoms with E-state index in [9.17, 15) is 9.59 Å². The van der Waals surface area contributed by atoms with Gasteiger partial charge in [0.25, 0.3) is 0 Å². The Morgan fingerprint density at radius 3 is 1.58 bits per heavy atom. The van der Waals surface area contributed by atoms with Crippen molar-refractivity contribution in [1.29, 1.82) is 0 Å². The Morgan fingerprint density at radius 2 is 1.19 bits per heavy atom. The summed E-state index contributed by atoms with van der Waals surface area (Å²) in [6.45, 7) is 4.03. The van der Waals surface area contributed by atoms with Gasteiger partial charge in [0, 0.05) is 10.8 Å². The molecule has 0 radical (unpaired) electrons. The molecule has 0 aromatic heterocycles. The Morgan fingerprint density at radius 1 is 0.769 bits per heavy atom. The Labute approximate surface area is 149 Å². The van der Waals surface area contributed by atoms with Crippen LogP contribution in [0.3, 0.4) is 0 Å². The first-order valence-electron chi connectivity index (χ1n) is 8.35. The molecule has 2 aromatic carbocycles. The van der Waals surface area contributed by atoms with Crippen molar-refractivity contribution in [2.75, 3.05) is 13.2 Å². The van der Waals surface area contributed by atoms with E-state index in [0.717, 1.165) is 21.9 Å². The molecule has 26 heavy (non-hydrogen) atoms. The monoisotopic (exact) mass is 352 g/mol. The minimum Gasteiger partial charge on any atom is -0.460 e. The van der Waals surface area contributed by atoms with Crippen LogP contribution in [0.4, 0.5) is 0 Å². The zero-order valence-corrected chi connectivity index (χ0v) is 14.3. The molecule has 2 aliphatic rings. The highest BCUT2D eigenvalue weighted by molar-refractivity contribution is 6.10. The number of carbonyl (C=O) groups excluding carboxylic acids is 2. The molecule has 0 fully saturated rings. The van der Waals surface area contributed by atoms with E-state index >= 15 is 0 Å². The topological polar surface area (TPSA) is 71.1 Å². The second-order valence-electron chi connectivity index (χ2n) is 5.72. The molecule has 0 aliphatic carbocycles. The maximum absolute atomic E-state index is 12.0. The average molecular weight is 352 g/mol. The van der Waals surface area contributed by atoms with Gasteiger partial charge in [-0.05, 0) is 49.3 Å². The fourth-order valence-corrected chi connectivity index (χ4v) is 3.08. The predicted molar refractivity (Wildman–Crippen MR) is 94.4 cm³/mol. The normalized spacial score (nSPS) is 13.9. The molecule has 2 heterocycles. The lowest BCUT2D eigenvalue weighted by molar-refractivity contribution is -0.141. The summed E-state index contributed by atoms with van der Waals surface area (Å²) in [5.41, 5.74) is 1.65. The smallest absolute Gasteiger partial charge is 0.374 e. The van der Waals surface area contributed by atoms with Gasteiger partial charge in [0.15, 0.2) is 0 Å². The summed E-state index contributed by atoms with van der Waals surface area (Å²) in [5, 5.41) is 1.65. The van der Waals surface area contributed by atoms with Gasteiger partial charge in [0.2, 0.25) is 11.5 Å². The maximum atomic E-state index is 12.0. The van der Waals surface area contributed by atoms with E-state index in [4.69, 9.17) is 18.9 Å². The van der Waals surface area contributed by atoms with Gasteiger partial charge < -0.3 is 18.9 Å². The van der Waals surface area contributed by atoms with Crippen LogP contribution in [0.5, 0.6) is 11.5 Å². The fraction of sp³-hybridized carbons (Fsp3) is 0.200. The molecule has 4 rings (SSSR count). The van der Waals surface area contributed by atoms with Crippen molar-refractivity contribution >= 4 is 34.9 Å². The number of ether oxygens (including phenoxy) is 4. The molecule has 0 atom stereocenters. The van der Waals surface area contributed by atoms with Gasteiger partial charge in [0.1, 0.15) is 11.5 Å². The fourth-order valence-electron chi connectivity index (χ4n) is 3.08. The minimum atomic E-state index is -0.507. The number of hydrogen-bond acceptors (Lipinski definition) is 6. The summed E-state index contributed by atoms with van der Waals surface area (Å²) in [6, 6.07) is 7.17. The minimum absolute atomic E-state index is 0.141. The third-order valence-corrected chi connectivity index (χ3v) is 4.11. The van der Waals surface area contributed by atoms with Gasteiger partial charge in [-0.2, -0.15) is 0 Å². The summed E-state index contributed by atoms with van der Waals surface area (Å²) in [7, 11) is 0. The SMILES string of the molecule is CCOC(=O)C1=Cc2ccc3c4c(ccc(c24)O1)OC(C(=O)OCC)=C3. The Bertz CT molecular complexity index is 919. The van der Waals surface area contributed by atoms with E-state index in [0.29, 0.717) is 11.5 Å². The molecule has 0 saturated carbocycles. The Balaban J connectivity index is 1.84. The van der Waals surface area contributed by atoms with Crippen molar-refractivity contribution in [2.45, 2.75) is 13.8 Å². The van der Waals surface area contributed by atoms with Crippen LogP contribution in [-0.2, 0) is 19.1 Å². The second kappa shape index (κ2) is 6.22. The molecule has 132 valence electrons. The summed E-state index contributed by atoms with van der Waals surface area (Å²) in [6.07, 6.45) is 3.30. The summed E-state index contributed by atoms with van der Waals surface area (Å²) >= 11 is 0. The first kappa shape index (κ1) is 16.2. The van der Waals surface area contributed by atoms with E-state index in [1.807, 2.05) is 12.1 Å². The van der Waals surface area contributed by atoms with E-state index in [2.05, 4.69) is 0 Å². The molecule has 0 saturated heterocycles. The highest BCUT2D eigenvalue weighted by Crippen LogP contribution is 2.44. The Hall–Kier alpha value is -3.28. The highest BCUT2D eigenvalue weighted by Gasteiger charge is 2.27. The first-order valence-corrected chi connectivity index (χ1v) is 8.35. The highest BCUT2D eigenvalue weighted by atomic mass is 16.6. The van der Waals surface area contributed by atoms with Gasteiger partial charge in [-0.25, -0.2) is 9.59 Å². The summed E-state index contributed by atoms with van der Waals surface area (Å²) in [4.78, 5) is 24.0. The number of benzene rings is 2. The van der Waals surface area contributed by atoms with Crippen LogP contribution in [0.2, 0.25) is 0 Å². The lowest BCUT2D eigenvalue weighted by Gasteiger charge is -2.23. The van der Waals surface area contributed by atoms with Crippen molar-refractivity contribution in [1.82, 2.24) is 0 Å². The van der Waals surface area contributed by atoms with Gasteiger partial charge in [-0.15, -0.1) is 0 Å². The van der Waals surface area contributed by atoms with Crippen molar-refractivity contribution in [3.8, 4) is 11.5 Å². The van der Waals surface area contributed by atoms with Crippen molar-refractivity contribution in [3.05, 3.63) is 46.9 Å². The zero-order valence-electron chi connectivity index (χ0n) is 14.3. The standard InChI is InChI=1S/C20H16O6/c1-3-23-19(21)15-9-11-5-6-12-10-16(20(22)24-4-2)26-14-8-7-13(25-15)17(11)18(12)14/h5-10H,3-4H2,1-2H3. The van der Waals surface area contributed by atoms with Crippen LogP contribution in [0, 0.1) is 0 Å². The molecule has 0 bridgehead atoms. The molecule has 2 aromatic rings. The van der Waals surface area contributed by atoms with Crippen molar-refractivity contribution < 1.29 is 28.5 Å². The number of rotatable bonds is 4. The molecule has 2 aliphatic heterocycles. The predicted octanol–water partition coefficient (Wildman–Crippen LogP) is 3.43. The first-order chi connectivity index (χ1) is 12.6. The molecular weight excluding hydrogens is 336 g/mol. The molecule has 6 heteroatoms. The molecule has 0 amide bonds. The van der Waals surface area contributed by atoms with Gasteiger partial charge in [-0.1, -0.05) is 12.1 Å². The van der Waals surface area contributed by atoms with Crippen molar-refractivity contribution in [3.63, 3.8) is 0 Å². The number of hydrogen-bond donors (Lipinski definition) is 0. The van der Waals surface area contributed by atoms with E-state index < -0.39 is 11.9 Å². The summed E-state index contributed by atoms with van der Waals surface area (Å²) in [5.74, 6) is 0.355. The molecule has 0 unspecified atom stereocenters. The largest absolute Gasteiger partial charge is 0.460 e. The quantitative estimate of drug-likeness (QED) is 0.785. The molecule has 0 spiro atoms. The van der Waals surface area contributed by atoms with E-state index in [-0.39, 0.29) is 24.7 Å².